The van der Waals surface area contributed by atoms with E-state index in [2.05, 4.69) is 12.6 Å². The fourth-order valence-corrected chi connectivity index (χ4v) is 2.50. The maximum absolute atomic E-state index is 5.91. The highest BCUT2D eigenvalue weighted by atomic mass is 35.5. The summed E-state index contributed by atoms with van der Waals surface area (Å²) >= 11 is 10.1. The Hall–Kier alpha value is -0.340. The molecule has 0 atom stereocenters. The van der Waals surface area contributed by atoms with E-state index >= 15 is 0 Å². The van der Waals surface area contributed by atoms with Crippen molar-refractivity contribution in [2.24, 2.45) is 0 Å². The third-order valence-corrected chi connectivity index (χ3v) is 3.75. The van der Waals surface area contributed by atoms with Crippen LogP contribution in [-0.2, 0) is 0 Å². The van der Waals surface area contributed by atoms with Crippen molar-refractivity contribution in [1.29, 1.82) is 0 Å². The molecule has 0 aliphatic carbocycles. The van der Waals surface area contributed by atoms with Gasteiger partial charge in [0.15, 0.2) is 0 Å². The van der Waals surface area contributed by atoms with Gasteiger partial charge in [-0.3, -0.25) is 0 Å². The van der Waals surface area contributed by atoms with E-state index in [9.17, 15) is 0 Å². The van der Waals surface area contributed by atoms with Gasteiger partial charge in [-0.15, -0.1) is 0 Å². The van der Waals surface area contributed by atoms with E-state index in [1.165, 1.54) is 38.5 Å². The summed E-state index contributed by atoms with van der Waals surface area (Å²) in [5, 5.41) is 0.770. The molecule has 0 aromatic heterocycles. The molecule has 0 heterocycles. The van der Waals surface area contributed by atoms with E-state index in [0.29, 0.717) is 0 Å². The summed E-state index contributed by atoms with van der Waals surface area (Å²) in [4.78, 5) is 0. The number of benzene rings is 1. The largest absolute Gasteiger partial charge is 0.493 e. The van der Waals surface area contributed by atoms with Crippen LogP contribution in [0.3, 0.4) is 0 Å². The lowest BCUT2D eigenvalue weighted by Gasteiger charge is -2.09. The fraction of sp³-hybridized carbons (Fsp3) is 0.625. The van der Waals surface area contributed by atoms with Crippen LogP contribution in [0.25, 0.3) is 0 Å². The van der Waals surface area contributed by atoms with Gasteiger partial charge in [0.05, 0.1) is 6.61 Å². The van der Waals surface area contributed by atoms with Gasteiger partial charge in [0, 0.05) is 5.02 Å². The van der Waals surface area contributed by atoms with Crippen LogP contribution in [-0.4, -0.2) is 12.4 Å². The molecule has 0 aliphatic rings. The van der Waals surface area contributed by atoms with Gasteiger partial charge in [-0.25, -0.2) is 0 Å². The van der Waals surface area contributed by atoms with Crippen molar-refractivity contribution in [3.63, 3.8) is 0 Å². The molecule has 1 aromatic carbocycles. The first-order valence-corrected chi connectivity index (χ1v) is 8.25. The first-order chi connectivity index (χ1) is 9.24. The molecular weight excluding hydrogens is 276 g/mol. The molecule has 1 aromatic rings. The van der Waals surface area contributed by atoms with E-state index in [-0.39, 0.29) is 0 Å². The van der Waals surface area contributed by atoms with Crippen molar-refractivity contribution < 1.29 is 4.74 Å². The number of rotatable bonds is 10. The lowest BCUT2D eigenvalue weighted by Crippen LogP contribution is -1.98. The minimum atomic E-state index is 0.770. The number of thiol groups is 1. The van der Waals surface area contributed by atoms with E-state index in [0.717, 1.165) is 35.1 Å². The number of hydrogen-bond acceptors (Lipinski definition) is 2. The van der Waals surface area contributed by atoms with Gasteiger partial charge in [0.2, 0.25) is 0 Å². The fourth-order valence-electron chi connectivity index (χ4n) is 2.05. The molecule has 108 valence electrons. The molecule has 0 bridgehead atoms. The average Bonchev–Trinajstić information content (AvgIpc) is 2.39. The molecule has 0 amide bonds. The monoisotopic (exact) mass is 300 g/mol. The molecule has 0 saturated carbocycles. The normalized spacial score (nSPS) is 10.7. The number of unbranched alkanes of at least 4 members (excludes halogenated alkanes) is 6. The van der Waals surface area contributed by atoms with Gasteiger partial charge < -0.3 is 4.74 Å². The summed E-state index contributed by atoms with van der Waals surface area (Å²) in [6, 6.07) is 5.78. The molecular formula is C16H25ClOS. The van der Waals surface area contributed by atoms with Crippen LogP contribution >= 0.6 is 24.2 Å². The van der Waals surface area contributed by atoms with Crippen molar-refractivity contribution in [1.82, 2.24) is 0 Å². The van der Waals surface area contributed by atoms with Gasteiger partial charge in [-0.1, -0.05) is 43.7 Å². The summed E-state index contributed by atoms with van der Waals surface area (Å²) < 4.78 is 5.77. The zero-order valence-electron chi connectivity index (χ0n) is 11.8. The third-order valence-electron chi connectivity index (χ3n) is 3.20. The summed E-state index contributed by atoms with van der Waals surface area (Å²) in [5.41, 5.74) is 1.11. The van der Waals surface area contributed by atoms with Gasteiger partial charge in [0.25, 0.3) is 0 Å². The number of aryl methyl sites for hydroxylation is 1. The van der Waals surface area contributed by atoms with E-state index < -0.39 is 0 Å². The van der Waals surface area contributed by atoms with Crippen molar-refractivity contribution in [3.05, 3.63) is 28.8 Å². The zero-order valence-corrected chi connectivity index (χ0v) is 13.5. The molecule has 1 nitrogen and oxygen atoms in total. The van der Waals surface area contributed by atoms with Crippen LogP contribution in [0.1, 0.15) is 50.5 Å². The van der Waals surface area contributed by atoms with E-state index in [1.54, 1.807) is 0 Å². The van der Waals surface area contributed by atoms with Crippen molar-refractivity contribution in [2.75, 3.05) is 12.4 Å². The molecule has 0 aliphatic heterocycles. The zero-order chi connectivity index (χ0) is 13.9. The Bertz CT molecular complexity index is 355. The number of halogens is 1. The Morgan fingerprint density at radius 3 is 2.26 bits per heavy atom. The lowest BCUT2D eigenvalue weighted by atomic mass is 10.1. The van der Waals surface area contributed by atoms with Crippen LogP contribution in [0.15, 0.2) is 18.2 Å². The maximum Gasteiger partial charge on any atom is 0.122 e. The maximum atomic E-state index is 5.91. The second kappa shape index (κ2) is 10.4. The van der Waals surface area contributed by atoms with Crippen molar-refractivity contribution in [3.8, 4) is 5.75 Å². The predicted octanol–water partition coefficient (Wildman–Crippen LogP) is 5.69. The second-order valence-corrected chi connectivity index (χ2v) is 5.84. The predicted molar refractivity (Wildman–Crippen MR) is 87.9 cm³/mol. The molecule has 19 heavy (non-hydrogen) atoms. The standard InChI is InChI=1S/C16H25ClOS/c1-14-13-15(17)9-10-16(14)18-11-7-5-3-2-4-6-8-12-19/h9-10,13,19H,2-8,11-12H2,1H3. The Balaban J connectivity index is 2.01. The third kappa shape index (κ3) is 7.74. The summed E-state index contributed by atoms with van der Waals surface area (Å²) in [7, 11) is 0. The highest BCUT2D eigenvalue weighted by Gasteiger charge is 2.00. The summed E-state index contributed by atoms with van der Waals surface area (Å²) in [6.07, 6.45) is 8.97. The minimum absolute atomic E-state index is 0.770. The second-order valence-electron chi connectivity index (χ2n) is 4.96. The number of ether oxygens (including phenoxy) is 1. The Kier molecular flexibility index (Phi) is 9.19. The smallest absolute Gasteiger partial charge is 0.122 e. The van der Waals surface area contributed by atoms with Crippen molar-refractivity contribution >= 4 is 24.2 Å². The highest BCUT2D eigenvalue weighted by Crippen LogP contribution is 2.22. The van der Waals surface area contributed by atoms with Gasteiger partial charge in [-0.05, 0) is 49.3 Å². The molecule has 3 heteroatoms. The quantitative estimate of drug-likeness (QED) is 0.431. The molecule has 0 radical (unpaired) electrons. The van der Waals surface area contributed by atoms with Gasteiger partial charge in [-0.2, -0.15) is 12.6 Å². The molecule has 0 unspecified atom stereocenters. The lowest BCUT2D eigenvalue weighted by molar-refractivity contribution is 0.302. The van der Waals surface area contributed by atoms with Gasteiger partial charge >= 0.3 is 0 Å². The Labute approximate surface area is 128 Å². The number of hydrogen-bond donors (Lipinski definition) is 1. The molecule has 1 rings (SSSR count). The highest BCUT2D eigenvalue weighted by molar-refractivity contribution is 7.80. The topological polar surface area (TPSA) is 9.23 Å². The average molecular weight is 301 g/mol. The molecule has 0 saturated heterocycles. The first kappa shape index (κ1) is 16.7. The summed E-state index contributed by atoms with van der Waals surface area (Å²) in [5.74, 6) is 1.98. The van der Waals surface area contributed by atoms with Crippen LogP contribution in [0.2, 0.25) is 5.02 Å². The van der Waals surface area contributed by atoms with Crippen LogP contribution in [0.4, 0.5) is 0 Å². The van der Waals surface area contributed by atoms with Crippen LogP contribution in [0.5, 0.6) is 5.75 Å². The van der Waals surface area contributed by atoms with Crippen molar-refractivity contribution in [2.45, 2.75) is 51.9 Å². The molecule has 0 N–H and O–H groups in total. The Morgan fingerprint density at radius 2 is 1.63 bits per heavy atom. The minimum Gasteiger partial charge on any atom is -0.493 e. The van der Waals surface area contributed by atoms with Crippen LogP contribution < -0.4 is 4.74 Å². The molecule has 0 fully saturated rings. The van der Waals surface area contributed by atoms with Gasteiger partial charge in [0.1, 0.15) is 5.75 Å². The van der Waals surface area contributed by atoms with Crippen LogP contribution in [0, 0.1) is 6.92 Å². The first-order valence-electron chi connectivity index (χ1n) is 7.24. The Morgan fingerprint density at radius 1 is 1.00 bits per heavy atom. The molecule has 0 spiro atoms. The van der Waals surface area contributed by atoms with E-state index in [1.807, 2.05) is 25.1 Å². The van der Waals surface area contributed by atoms with E-state index in [4.69, 9.17) is 16.3 Å². The summed E-state index contributed by atoms with van der Waals surface area (Å²) in [6.45, 7) is 2.84. The SMILES string of the molecule is Cc1cc(Cl)ccc1OCCCCCCCCCS.